The van der Waals surface area contributed by atoms with Crippen molar-refractivity contribution in [3.05, 3.63) is 0 Å². The smallest absolute Gasteiger partial charge is 0.396 e. The Bertz CT molecular complexity index is 422. The lowest BCUT2D eigenvalue weighted by Crippen LogP contribution is -2.65. The molecule has 2 N–H and O–H groups in total. The van der Waals surface area contributed by atoms with E-state index in [-0.39, 0.29) is 13.2 Å². The molecule has 26 heavy (non-hydrogen) atoms. The van der Waals surface area contributed by atoms with E-state index in [1.54, 1.807) is 0 Å². The van der Waals surface area contributed by atoms with Gasteiger partial charge in [0.05, 0.1) is 5.92 Å². The molecule has 2 unspecified atom stereocenters. The van der Waals surface area contributed by atoms with Crippen LogP contribution in [0.1, 0.15) is 20.3 Å². The highest BCUT2D eigenvalue weighted by atomic mass is 19.4. The van der Waals surface area contributed by atoms with E-state index in [0.29, 0.717) is 0 Å². The molecule has 158 valence electrons. The number of hydrogen-bond acceptors (Lipinski definition) is 4. The third kappa shape index (κ3) is 4.73. The normalized spacial score (nSPS) is 16.8. The molecule has 0 fully saturated rings. The van der Waals surface area contributed by atoms with Crippen LogP contribution in [0.25, 0.3) is 0 Å². The first-order valence-electron chi connectivity index (χ1n) is 7.35. The fraction of sp³-hybridized carbons (Fsp3) is 1.00. The van der Waals surface area contributed by atoms with E-state index in [1.807, 2.05) is 0 Å². The number of hydrogen-bond donors (Lipinski definition) is 2. The van der Waals surface area contributed by atoms with Crippen LogP contribution < -0.4 is 0 Å². The van der Waals surface area contributed by atoms with Crippen molar-refractivity contribution in [2.24, 2.45) is 5.92 Å². The second-order valence-electron chi connectivity index (χ2n) is 5.16. The molecular formula is C13H19F9O4. The fourth-order valence-corrected chi connectivity index (χ4v) is 2.09. The first kappa shape index (κ1) is 25.2. The molecule has 0 amide bonds. The second-order valence-corrected chi connectivity index (χ2v) is 5.16. The molecule has 13 heteroatoms. The number of ether oxygens (including phenoxy) is 2. The summed E-state index contributed by atoms with van der Waals surface area (Å²) in [7, 11) is 0. The average Bonchev–Trinajstić information content (AvgIpc) is 2.50. The molecule has 0 aliphatic rings. The number of alkyl halides is 9. The lowest BCUT2D eigenvalue weighted by Gasteiger charge is -2.40. The summed E-state index contributed by atoms with van der Waals surface area (Å²) >= 11 is 0. The largest absolute Gasteiger partial charge is 0.460 e. The van der Waals surface area contributed by atoms with Gasteiger partial charge < -0.3 is 19.7 Å². The Labute approximate surface area is 142 Å². The van der Waals surface area contributed by atoms with E-state index >= 15 is 0 Å². The van der Waals surface area contributed by atoms with Crippen LogP contribution in [0, 0.1) is 5.92 Å². The Morgan fingerprint density at radius 2 is 1.23 bits per heavy atom. The van der Waals surface area contributed by atoms with Crippen LogP contribution in [0.5, 0.6) is 0 Å². The van der Waals surface area contributed by atoms with E-state index in [1.165, 1.54) is 13.8 Å². The topological polar surface area (TPSA) is 58.9 Å². The summed E-state index contributed by atoms with van der Waals surface area (Å²) in [6, 6.07) is 0. The van der Waals surface area contributed by atoms with Gasteiger partial charge in [0.2, 0.25) is 0 Å². The molecule has 4 nitrogen and oxygen atoms in total. The predicted molar refractivity (Wildman–Crippen MR) is 69.1 cm³/mol. The fourth-order valence-electron chi connectivity index (χ4n) is 2.09. The molecule has 2 atom stereocenters. The maximum Gasteiger partial charge on any atom is 0.460 e. The van der Waals surface area contributed by atoms with Crippen molar-refractivity contribution in [3.8, 4) is 0 Å². The van der Waals surface area contributed by atoms with Crippen molar-refractivity contribution in [2.45, 2.75) is 56.6 Å². The van der Waals surface area contributed by atoms with Crippen molar-refractivity contribution >= 4 is 0 Å². The summed E-state index contributed by atoms with van der Waals surface area (Å²) < 4.78 is 127. The summed E-state index contributed by atoms with van der Waals surface area (Å²) in [6.07, 6.45) is -13.1. The van der Waals surface area contributed by atoms with Gasteiger partial charge in [-0.2, -0.15) is 39.5 Å². The highest BCUT2D eigenvalue weighted by Gasteiger charge is 2.83. The Morgan fingerprint density at radius 1 is 0.808 bits per heavy atom. The van der Waals surface area contributed by atoms with Gasteiger partial charge in [-0.25, -0.2) is 0 Å². The number of rotatable bonds is 11. The summed E-state index contributed by atoms with van der Waals surface area (Å²) in [6.45, 7) is 0.715. The van der Waals surface area contributed by atoms with Gasteiger partial charge in [0.25, 0.3) is 0 Å². The lowest BCUT2D eigenvalue weighted by atomic mass is 9.85. The minimum atomic E-state index is -7.09. The monoisotopic (exact) mass is 410 g/mol. The maximum absolute atomic E-state index is 14.1. The van der Waals surface area contributed by atoms with E-state index in [2.05, 4.69) is 0 Å². The standard InChI is InChI=1S/C13H19F9O4/c1-3-25-9(26-4-2)8(24)7(5-6-23)10(14,15)11(16,17)12(18,19)13(20,21)22/h7-9,23-24H,3-6H2,1-2H3. The SMILES string of the molecule is CCOC(OCC)C(O)C(CCO)C(F)(F)C(F)(F)C(F)(F)C(F)(F)F. The number of aliphatic hydroxyl groups is 2. The van der Waals surface area contributed by atoms with Gasteiger partial charge in [-0.3, -0.25) is 0 Å². The Kier molecular flexibility index (Phi) is 8.66. The molecule has 0 aliphatic carbocycles. The van der Waals surface area contributed by atoms with Gasteiger partial charge in [0.15, 0.2) is 6.29 Å². The molecular weight excluding hydrogens is 391 g/mol. The average molecular weight is 410 g/mol. The van der Waals surface area contributed by atoms with Crippen LogP contribution in [-0.2, 0) is 9.47 Å². The van der Waals surface area contributed by atoms with Crippen LogP contribution in [-0.4, -0.2) is 66.4 Å². The predicted octanol–water partition coefficient (Wildman–Crippen LogP) is 3.21. The first-order valence-corrected chi connectivity index (χ1v) is 7.35. The molecule has 0 heterocycles. The van der Waals surface area contributed by atoms with E-state index in [0.717, 1.165) is 0 Å². The van der Waals surface area contributed by atoms with E-state index in [9.17, 15) is 44.6 Å². The highest BCUT2D eigenvalue weighted by molar-refractivity contribution is 5.04. The van der Waals surface area contributed by atoms with E-state index in [4.69, 9.17) is 14.6 Å². The van der Waals surface area contributed by atoms with Crippen molar-refractivity contribution in [3.63, 3.8) is 0 Å². The number of halogens is 9. The molecule has 0 aromatic heterocycles. The van der Waals surface area contributed by atoms with Crippen molar-refractivity contribution < 1.29 is 59.2 Å². The molecule has 0 radical (unpaired) electrons. The van der Waals surface area contributed by atoms with Crippen molar-refractivity contribution in [1.82, 2.24) is 0 Å². The van der Waals surface area contributed by atoms with Crippen LogP contribution in [0.4, 0.5) is 39.5 Å². The van der Waals surface area contributed by atoms with Gasteiger partial charge in [-0.15, -0.1) is 0 Å². The van der Waals surface area contributed by atoms with Crippen LogP contribution in [0.15, 0.2) is 0 Å². The summed E-state index contributed by atoms with van der Waals surface area (Å²) in [4.78, 5) is 0. The quantitative estimate of drug-likeness (QED) is 0.406. The molecule has 0 saturated carbocycles. The highest BCUT2D eigenvalue weighted by Crippen LogP contribution is 2.56. The number of aliphatic hydroxyl groups excluding tert-OH is 2. The zero-order valence-corrected chi connectivity index (χ0v) is 13.7. The summed E-state index contributed by atoms with van der Waals surface area (Å²) in [5.41, 5.74) is 0. The van der Waals surface area contributed by atoms with Gasteiger partial charge in [0.1, 0.15) is 6.10 Å². The summed E-state index contributed by atoms with van der Waals surface area (Å²) in [5.74, 6) is -23.3. The molecule has 0 aromatic carbocycles. The Hall–Kier alpha value is -0.790. The zero-order valence-electron chi connectivity index (χ0n) is 13.7. The molecule has 0 rings (SSSR count). The lowest BCUT2D eigenvalue weighted by molar-refractivity contribution is -0.408. The Morgan fingerprint density at radius 3 is 1.54 bits per heavy atom. The summed E-state index contributed by atoms with van der Waals surface area (Å²) in [5, 5.41) is 18.6. The molecule has 0 bridgehead atoms. The Balaban J connectivity index is 6.02. The molecule has 0 aliphatic heterocycles. The molecule has 0 aromatic rings. The zero-order chi connectivity index (χ0) is 21.0. The second kappa shape index (κ2) is 8.93. The molecule has 0 spiro atoms. The van der Waals surface area contributed by atoms with Gasteiger partial charge in [-0.05, 0) is 20.3 Å². The molecule has 0 saturated heterocycles. The van der Waals surface area contributed by atoms with Crippen LogP contribution in [0.2, 0.25) is 0 Å². The maximum atomic E-state index is 14.1. The van der Waals surface area contributed by atoms with Gasteiger partial charge in [-0.1, -0.05) is 0 Å². The first-order chi connectivity index (χ1) is 11.6. The van der Waals surface area contributed by atoms with Crippen molar-refractivity contribution in [1.29, 1.82) is 0 Å². The van der Waals surface area contributed by atoms with Gasteiger partial charge >= 0.3 is 23.9 Å². The minimum Gasteiger partial charge on any atom is -0.396 e. The minimum absolute atomic E-state index is 0.283. The third-order valence-electron chi connectivity index (χ3n) is 3.43. The van der Waals surface area contributed by atoms with Crippen LogP contribution >= 0.6 is 0 Å². The van der Waals surface area contributed by atoms with Crippen molar-refractivity contribution in [2.75, 3.05) is 19.8 Å². The van der Waals surface area contributed by atoms with Gasteiger partial charge in [0, 0.05) is 19.8 Å². The van der Waals surface area contributed by atoms with E-state index < -0.39 is 55.3 Å². The third-order valence-corrected chi connectivity index (χ3v) is 3.43. The van der Waals surface area contributed by atoms with Crippen LogP contribution in [0.3, 0.4) is 0 Å².